The van der Waals surface area contributed by atoms with Gasteiger partial charge >= 0.3 is 39.5 Å². The third kappa shape index (κ3) is 78.0. The minimum absolute atomic E-state index is 0.109. The Morgan fingerprint density at radius 1 is 0.262 bits per heavy atom. The summed E-state index contributed by atoms with van der Waals surface area (Å²) in [5.41, 5.74) is 0. The van der Waals surface area contributed by atoms with Crippen molar-refractivity contribution in [2.75, 3.05) is 39.6 Å². The summed E-state index contributed by atoms with van der Waals surface area (Å²) < 4.78 is 68.9. The second-order valence-electron chi connectivity index (χ2n) is 30.7. The first-order valence-electron chi connectivity index (χ1n) is 43.6. The third-order valence-corrected chi connectivity index (χ3v) is 21.7. The lowest BCUT2D eigenvalue weighted by Gasteiger charge is -2.21. The molecule has 0 aliphatic heterocycles. The van der Waals surface area contributed by atoms with E-state index in [1.54, 1.807) is 0 Å². The molecule has 0 saturated carbocycles. The van der Waals surface area contributed by atoms with Crippen molar-refractivity contribution in [2.45, 2.75) is 470 Å². The van der Waals surface area contributed by atoms with E-state index >= 15 is 0 Å². The van der Waals surface area contributed by atoms with Crippen LogP contribution in [0.1, 0.15) is 452 Å². The zero-order valence-electron chi connectivity index (χ0n) is 67.5. The maximum atomic E-state index is 13.1. The molecule has 0 spiro atoms. The van der Waals surface area contributed by atoms with Crippen LogP contribution in [0.4, 0.5) is 0 Å². The van der Waals surface area contributed by atoms with E-state index in [0.717, 1.165) is 95.8 Å². The van der Waals surface area contributed by atoms with E-state index in [1.807, 2.05) is 0 Å². The van der Waals surface area contributed by atoms with E-state index in [0.29, 0.717) is 25.7 Å². The van der Waals surface area contributed by atoms with Gasteiger partial charge in [-0.2, -0.15) is 0 Å². The summed E-state index contributed by atoms with van der Waals surface area (Å²) in [4.78, 5) is 73.2. The second kappa shape index (κ2) is 76.8. The quantitative estimate of drug-likeness (QED) is 0.0222. The fourth-order valence-electron chi connectivity index (χ4n) is 13.1. The highest BCUT2D eigenvalue weighted by Gasteiger charge is 2.30. The highest BCUT2D eigenvalue weighted by molar-refractivity contribution is 7.47. The number of ether oxygens (including phenoxy) is 4. The molecule has 0 aromatic carbocycles. The highest BCUT2D eigenvalue weighted by atomic mass is 31.2. The molecule has 0 fully saturated rings. The molecule has 5 atom stereocenters. The maximum absolute atomic E-state index is 13.1. The van der Waals surface area contributed by atoms with Gasteiger partial charge in [-0.05, 0) is 31.6 Å². The van der Waals surface area contributed by atoms with Crippen molar-refractivity contribution < 1.29 is 80.2 Å². The first-order valence-corrected chi connectivity index (χ1v) is 46.6. The maximum Gasteiger partial charge on any atom is 0.472 e. The molecule has 0 rings (SSSR count). The number of unbranched alkanes of at least 4 members (excludes halogenated alkanes) is 56. The smallest absolute Gasteiger partial charge is 0.462 e. The minimum atomic E-state index is -4.96. The third-order valence-electron chi connectivity index (χ3n) is 19.8. The second-order valence-corrected chi connectivity index (χ2v) is 33.6. The van der Waals surface area contributed by atoms with Crippen LogP contribution in [0.2, 0.25) is 0 Å². The van der Waals surface area contributed by atoms with E-state index in [1.165, 1.54) is 276 Å². The van der Waals surface area contributed by atoms with Gasteiger partial charge in [-0.3, -0.25) is 37.3 Å². The fourth-order valence-corrected chi connectivity index (χ4v) is 14.7. The summed E-state index contributed by atoms with van der Waals surface area (Å²) in [6.45, 7) is 7.38. The number of hydrogen-bond donors (Lipinski definition) is 3. The summed E-state index contributed by atoms with van der Waals surface area (Å²) in [5.74, 6) is -1.30. The van der Waals surface area contributed by atoms with E-state index < -0.39 is 97.5 Å². The number of aliphatic hydroxyl groups is 1. The van der Waals surface area contributed by atoms with Gasteiger partial charge in [0.05, 0.1) is 26.4 Å². The lowest BCUT2D eigenvalue weighted by atomic mass is 10.0. The van der Waals surface area contributed by atoms with Crippen LogP contribution in [0.25, 0.3) is 0 Å². The molecular weight excluding hydrogens is 1340 g/mol. The van der Waals surface area contributed by atoms with Gasteiger partial charge < -0.3 is 33.8 Å². The molecule has 3 N–H and O–H groups in total. The van der Waals surface area contributed by atoms with E-state index in [4.69, 9.17) is 37.0 Å². The summed E-state index contributed by atoms with van der Waals surface area (Å²) in [6, 6.07) is 0. The number of aliphatic hydroxyl groups excluding tert-OH is 1. The minimum Gasteiger partial charge on any atom is -0.462 e. The number of carbonyl (C=O) groups is 4. The van der Waals surface area contributed by atoms with Crippen LogP contribution in [0.15, 0.2) is 0 Å². The van der Waals surface area contributed by atoms with Gasteiger partial charge in [0.1, 0.15) is 19.3 Å². The van der Waals surface area contributed by atoms with Crippen molar-refractivity contribution in [3.8, 4) is 0 Å². The summed E-state index contributed by atoms with van der Waals surface area (Å²) >= 11 is 0. The molecule has 2 unspecified atom stereocenters. The van der Waals surface area contributed by atoms with Crippen molar-refractivity contribution in [2.24, 2.45) is 5.92 Å². The number of esters is 4. The Hall–Kier alpha value is -1.94. The van der Waals surface area contributed by atoms with Crippen molar-refractivity contribution in [1.82, 2.24) is 0 Å². The molecule has 0 aliphatic carbocycles. The molecule has 0 bridgehead atoms. The van der Waals surface area contributed by atoms with Crippen LogP contribution in [0.5, 0.6) is 0 Å². The molecule has 17 nitrogen and oxygen atoms in total. The van der Waals surface area contributed by atoms with E-state index in [9.17, 15) is 43.2 Å². The number of rotatable bonds is 84. The fraction of sp³-hybridized carbons (Fsp3) is 0.952. The number of phosphoric ester groups is 2. The Morgan fingerprint density at radius 3 is 0.660 bits per heavy atom. The molecule has 0 radical (unpaired) electrons. The molecule has 19 heteroatoms. The van der Waals surface area contributed by atoms with Gasteiger partial charge in [0.15, 0.2) is 12.2 Å². The normalized spacial score (nSPS) is 13.8. The molecule has 0 amide bonds. The molecule has 0 saturated heterocycles. The summed E-state index contributed by atoms with van der Waals surface area (Å²) in [7, 11) is -9.92. The topological polar surface area (TPSA) is 237 Å². The Bertz CT molecular complexity index is 1960. The average Bonchev–Trinajstić information content (AvgIpc) is 0.919. The molecule has 0 aliphatic rings. The number of phosphoric acid groups is 2. The van der Waals surface area contributed by atoms with Gasteiger partial charge in [-0.15, -0.1) is 0 Å². The Balaban J connectivity index is 5.25. The van der Waals surface area contributed by atoms with Gasteiger partial charge in [0, 0.05) is 25.7 Å². The van der Waals surface area contributed by atoms with Crippen LogP contribution >= 0.6 is 15.6 Å². The van der Waals surface area contributed by atoms with Gasteiger partial charge in [-0.25, -0.2) is 9.13 Å². The Morgan fingerprint density at radius 2 is 0.447 bits per heavy atom. The lowest BCUT2D eigenvalue weighted by molar-refractivity contribution is -0.161. The van der Waals surface area contributed by atoms with Crippen molar-refractivity contribution in [3.05, 3.63) is 0 Å². The first-order chi connectivity index (χ1) is 50.0. The van der Waals surface area contributed by atoms with Gasteiger partial charge in [0.2, 0.25) is 0 Å². The van der Waals surface area contributed by atoms with Crippen LogP contribution in [0.3, 0.4) is 0 Å². The van der Waals surface area contributed by atoms with Crippen LogP contribution in [0, 0.1) is 5.92 Å². The standard InChI is InChI=1S/C84H164O17P2/c1-6-9-12-15-18-21-24-26-28-30-32-34-40-45-50-55-60-65-70-84(89)101-80(74-95-82(87)68-63-58-53-48-43-38-36-35-37-42-46-51-56-61-66-77(4)5)76-99-103(92,93)97-72-78(85)71-96-102(90,91)98-75-79(73-94-81(86)67-62-57-52-47-41-23-20-17-14-11-8-3)100-83(88)69-64-59-54-49-44-39-33-31-29-27-25-22-19-16-13-10-7-2/h77-80,85H,6-76H2,1-5H3,(H,90,91)(H,92,93)/t78-,79+,80+/m0/s1. The number of hydrogen-bond acceptors (Lipinski definition) is 15. The molecule has 0 aromatic heterocycles. The predicted octanol–water partition coefficient (Wildman–Crippen LogP) is 25.6. The van der Waals surface area contributed by atoms with Gasteiger partial charge in [-0.1, -0.05) is 401 Å². The average molecular weight is 1510 g/mol. The van der Waals surface area contributed by atoms with Crippen LogP contribution < -0.4 is 0 Å². The molecule has 612 valence electrons. The largest absolute Gasteiger partial charge is 0.472 e. The SMILES string of the molecule is CCCCCCCCCCCCCCCCCCCCC(=O)O[C@H](COC(=O)CCCCCCCCCCCCCCCCC(C)C)COP(=O)(O)OC[C@@H](O)COP(=O)(O)OC[C@@H](COC(=O)CCCCCCCCCCCCC)OC(=O)CCCCCCCCCCCCCCCCCCC. The molecule has 0 heterocycles. The Labute approximate surface area is 632 Å². The number of carbonyl (C=O) groups excluding carboxylic acids is 4. The molecular formula is C84H164O17P2. The van der Waals surface area contributed by atoms with E-state index in [-0.39, 0.29) is 25.7 Å². The summed E-state index contributed by atoms with van der Waals surface area (Å²) in [6.07, 6.45) is 69.3. The monoisotopic (exact) mass is 1510 g/mol. The predicted molar refractivity (Wildman–Crippen MR) is 423 cm³/mol. The molecule has 0 aromatic rings. The zero-order chi connectivity index (χ0) is 75.5. The lowest BCUT2D eigenvalue weighted by Crippen LogP contribution is -2.30. The highest BCUT2D eigenvalue weighted by Crippen LogP contribution is 2.45. The first kappa shape index (κ1) is 101. The summed E-state index contributed by atoms with van der Waals surface area (Å²) in [5, 5.41) is 10.7. The van der Waals surface area contributed by atoms with Crippen molar-refractivity contribution >= 4 is 39.5 Å². The Kier molecular flexibility index (Phi) is 75.4. The zero-order valence-corrected chi connectivity index (χ0v) is 69.3. The van der Waals surface area contributed by atoms with Crippen LogP contribution in [-0.4, -0.2) is 96.7 Å². The van der Waals surface area contributed by atoms with Gasteiger partial charge in [0.25, 0.3) is 0 Å². The van der Waals surface area contributed by atoms with E-state index in [2.05, 4.69) is 34.6 Å². The van der Waals surface area contributed by atoms with Crippen molar-refractivity contribution in [3.63, 3.8) is 0 Å². The molecule has 103 heavy (non-hydrogen) atoms. The van der Waals surface area contributed by atoms with Crippen LogP contribution in [-0.2, 0) is 65.4 Å². The van der Waals surface area contributed by atoms with Crippen molar-refractivity contribution in [1.29, 1.82) is 0 Å².